The summed E-state index contributed by atoms with van der Waals surface area (Å²) in [6.45, 7) is 4.83. The maximum Gasteiger partial charge on any atom is 0.254 e. The summed E-state index contributed by atoms with van der Waals surface area (Å²) < 4.78 is 0. The maximum absolute atomic E-state index is 12.6. The van der Waals surface area contributed by atoms with Gasteiger partial charge in [0.05, 0.1) is 0 Å². The standard InChI is InChI=1S/C25H27N3O/c29-25-23-9-5-4-8-21(23)17-28(25)16-19-12-14-27(15-13-19)18-22-10-11-24(26-22)20-6-2-1-3-7-20/h1-11,19,26H,12-18H2. The van der Waals surface area contributed by atoms with Gasteiger partial charge in [-0.05, 0) is 61.2 Å². The van der Waals surface area contributed by atoms with Gasteiger partial charge in [0.15, 0.2) is 0 Å². The summed E-state index contributed by atoms with van der Waals surface area (Å²) >= 11 is 0. The average molecular weight is 386 g/mol. The Labute approximate surface area is 172 Å². The van der Waals surface area contributed by atoms with Crippen molar-refractivity contribution in [1.82, 2.24) is 14.8 Å². The molecule has 0 atom stereocenters. The van der Waals surface area contributed by atoms with Gasteiger partial charge in [0, 0.05) is 36.6 Å². The number of aromatic amines is 1. The fraction of sp³-hybridized carbons (Fsp3) is 0.320. The number of carbonyl (C=O) groups is 1. The highest BCUT2D eigenvalue weighted by Gasteiger charge is 2.30. The van der Waals surface area contributed by atoms with Crippen molar-refractivity contribution in [3.63, 3.8) is 0 Å². The molecule has 1 amide bonds. The van der Waals surface area contributed by atoms with Crippen LogP contribution in [-0.4, -0.2) is 40.3 Å². The molecule has 148 valence electrons. The number of nitrogens with one attached hydrogen (secondary N) is 1. The molecule has 2 aliphatic rings. The highest BCUT2D eigenvalue weighted by atomic mass is 16.2. The van der Waals surface area contributed by atoms with Crippen molar-refractivity contribution in [2.45, 2.75) is 25.9 Å². The molecule has 1 N–H and O–H groups in total. The summed E-state index contributed by atoms with van der Waals surface area (Å²) in [4.78, 5) is 20.7. The lowest BCUT2D eigenvalue weighted by Crippen LogP contribution is -2.38. The van der Waals surface area contributed by atoms with E-state index in [1.54, 1.807) is 0 Å². The van der Waals surface area contributed by atoms with Crippen molar-refractivity contribution in [3.8, 4) is 11.3 Å². The van der Waals surface area contributed by atoms with Gasteiger partial charge in [-0.1, -0.05) is 48.5 Å². The molecule has 0 unspecified atom stereocenters. The highest BCUT2D eigenvalue weighted by molar-refractivity contribution is 5.98. The van der Waals surface area contributed by atoms with E-state index in [2.05, 4.69) is 52.3 Å². The Hall–Kier alpha value is -2.85. The largest absolute Gasteiger partial charge is 0.357 e. The Morgan fingerprint density at radius 3 is 2.45 bits per heavy atom. The van der Waals surface area contributed by atoms with E-state index in [1.165, 1.54) is 22.5 Å². The van der Waals surface area contributed by atoms with E-state index in [-0.39, 0.29) is 5.91 Å². The number of carbonyl (C=O) groups excluding carboxylic acids is 1. The lowest BCUT2D eigenvalue weighted by Gasteiger charge is -2.33. The van der Waals surface area contributed by atoms with E-state index >= 15 is 0 Å². The van der Waals surface area contributed by atoms with Crippen LogP contribution in [0, 0.1) is 5.92 Å². The number of hydrogen-bond acceptors (Lipinski definition) is 2. The second-order valence-corrected chi connectivity index (χ2v) is 8.33. The van der Waals surface area contributed by atoms with Gasteiger partial charge in [-0.25, -0.2) is 0 Å². The van der Waals surface area contributed by atoms with Crippen LogP contribution in [-0.2, 0) is 13.1 Å². The molecular weight excluding hydrogens is 358 g/mol. The first kappa shape index (κ1) is 18.2. The van der Waals surface area contributed by atoms with Crippen molar-refractivity contribution < 1.29 is 4.79 Å². The number of aromatic nitrogens is 1. The normalized spacial score (nSPS) is 17.7. The molecule has 5 rings (SSSR count). The summed E-state index contributed by atoms with van der Waals surface area (Å²) in [5, 5.41) is 0. The molecule has 0 bridgehead atoms. The van der Waals surface area contributed by atoms with Gasteiger partial charge >= 0.3 is 0 Å². The number of H-pyrrole nitrogens is 1. The van der Waals surface area contributed by atoms with E-state index in [0.717, 1.165) is 51.1 Å². The Balaban J connectivity index is 1.13. The third-order valence-corrected chi connectivity index (χ3v) is 6.31. The molecule has 2 aromatic carbocycles. The third-order valence-electron chi connectivity index (χ3n) is 6.31. The van der Waals surface area contributed by atoms with Crippen LogP contribution >= 0.6 is 0 Å². The van der Waals surface area contributed by atoms with Gasteiger partial charge in [-0.3, -0.25) is 9.69 Å². The van der Waals surface area contributed by atoms with E-state index in [0.29, 0.717) is 5.92 Å². The minimum absolute atomic E-state index is 0.211. The first-order chi connectivity index (χ1) is 14.3. The van der Waals surface area contributed by atoms with Gasteiger partial charge in [0.25, 0.3) is 5.91 Å². The van der Waals surface area contributed by atoms with E-state index in [1.807, 2.05) is 29.2 Å². The topological polar surface area (TPSA) is 39.3 Å². The SMILES string of the molecule is O=C1c2ccccc2CN1CC1CCN(Cc2ccc(-c3ccccc3)[nH]2)CC1. The Morgan fingerprint density at radius 2 is 1.66 bits per heavy atom. The van der Waals surface area contributed by atoms with Crippen LogP contribution in [0.15, 0.2) is 66.7 Å². The number of amides is 1. The molecule has 0 aliphatic carbocycles. The van der Waals surface area contributed by atoms with Crippen molar-refractivity contribution >= 4 is 5.91 Å². The molecule has 1 fully saturated rings. The zero-order valence-corrected chi connectivity index (χ0v) is 16.7. The zero-order chi connectivity index (χ0) is 19.6. The summed E-state index contributed by atoms with van der Waals surface area (Å²) in [7, 11) is 0. The predicted molar refractivity (Wildman–Crippen MR) is 115 cm³/mol. The number of nitrogens with zero attached hydrogens (tertiary/aromatic N) is 2. The molecular formula is C25H27N3O. The summed E-state index contributed by atoms with van der Waals surface area (Å²) in [6.07, 6.45) is 2.32. The molecule has 3 aromatic rings. The van der Waals surface area contributed by atoms with Crippen LogP contribution in [0.5, 0.6) is 0 Å². The number of rotatable bonds is 5. The Morgan fingerprint density at radius 1 is 0.897 bits per heavy atom. The monoisotopic (exact) mass is 385 g/mol. The smallest absolute Gasteiger partial charge is 0.254 e. The quantitative estimate of drug-likeness (QED) is 0.700. The van der Waals surface area contributed by atoms with E-state index in [9.17, 15) is 4.79 Å². The van der Waals surface area contributed by atoms with Gasteiger partial charge in [-0.15, -0.1) is 0 Å². The minimum atomic E-state index is 0.211. The summed E-state index contributed by atoms with van der Waals surface area (Å²) in [5.41, 5.74) is 5.76. The van der Waals surface area contributed by atoms with Crippen LogP contribution in [0.25, 0.3) is 11.3 Å². The molecule has 1 aromatic heterocycles. The number of fused-ring (bicyclic) bond motifs is 1. The molecule has 3 heterocycles. The van der Waals surface area contributed by atoms with Crippen LogP contribution in [0.1, 0.15) is 34.5 Å². The number of piperidine rings is 1. The fourth-order valence-electron chi connectivity index (χ4n) is 4.66. The lowest BCUT2D eigenvalue weighted by molar-refractivity contribution is 0.0711. The molecule has 29 heavy (non-hydrogen) atoms. The first-order valence-electron chi connectivity index (χ1n) is 10.6. The number of benzene rings is 2. The van der Waals surface area contributed by atoms with Crippen LogP contribution in [0.3, 0.4) is 0 Å². The molecule has 4 heteroatoms. The van der Waals surface area contributed by atoms with E-state index < -0.39 is 0 Å². The van der Waals surface area contributed by atoms with Gasteiger partial charge < -0.3 is 9.88 Å². The van der Waals surface area contributed by atoms with E-state index in [4.69, 9.17) is 0 Å². The highest BCUT2D eigenvalue weighted by Crippen LogP contribution is 2.27. The second kappa shape index (κ2) is 7.88. The van der Waals surface area contributed by atoms with Crippen molar-refractivity contribution in [3.05, 3.63) is 83.6 Å². The lowest BCUT2D eigenvalue weighted by atomic mass is 9.96. The van der Waals surface area contributed by atoms with Crippen LogP contribution in [0.2, 0.25) is 0 Å². The zero-order valence-electron chi connectivity index (χ0n) is 16.7. The number of likely N-dealkylation sites (tertiary alicyclic amines) is 1. The van der Waals surface area contributed by atoms with Crippen molar-refractivity contribution in [1.29, 1.82) is 0 Å². The van der Waals surface area contributed by atoms with Gasteiger partial charge in [0.1, 0.15) is 0 Å². The Kier molecular flexibility index (Phi) is 4.94. The average Bonchev–Trinajstić information content (AvgIpc) is 3.35. The molecule has 1 saturated heterocycles. The minimum Gasteiger partial charge on any atom is -0.357 e. The van der Waals surface area contributed by atoms with Crippen LogP contribution in [0.4, 0.5) is 0 Å². The fourth-order valence-corrected chi connectivity index (χ4v) is 4.66. The molecule has 0 saturated carbocycles. The second-order valence-electron chi connectivity index (χ2n) is 8.33. The molecule has 2 aliphatic heterocycles. The van der Waals surface area contributed by atoms with Crippen LogP contribution < -0.4 is 0 Å². The molecule has 4 nitrogen and oxygen atoms in total. The summed E-state index contributed by atoms with van der Waals surface area (Å²) in [5.74, 6) is 0.816. The molecule has 0 spiro atoms. The number of hydrogen-bond donors (Lipinski definition) is 1. The van der Waals surface area contributed by atoms with Gasteiger partial charge in [0.2, 0.25) is 0 Å². The third kappa shape index (κ3) is 3.85. The molecule has 0 radical (unpaired) electrons. The maximum atomic E-state index is 12.6. The van der Waals surface area contributed by atoms with Crippen molar-refractivity contribution in [2.75, 3.05) is 19.6 Å². The first-order valence-corrected chi connectivity index (χ1v) is 10.6. The Bertz CT molecular complexity index is 986. The summed E-state index contributed by atoms with van der Waals surface area (Å²) in [6, 6.07) is 22.9. The van der Waals surface area contributed by atoms with Crippen molar-refractivity contribution in [2.24, 2.45) is 5.92 Å². The van der Waals surface area contributed by atoms with Gasteiger partial charge in [-0.2, -0.15) is 0 Å². The predicted octanol–water partition coefficient (Wildman–Crippen LogP) is 4.55.